The number of fused-ring (bicyclic) bond motifs is 1. The van der Waals surface area contributed by atoms with E-state index in [2.05, 4.69) is 46.1 Å². The van der Waals surface area contributed by atoms with Gasteiger partial charge in [-0.25, -0.2) is 0 Å². The fourth-order valence-corrected chi connectivity index (χ4v) is 2.02. The normalized spacial score (nSPS) is 14.5. The van der Waals surface area contributed by atoms with Crippen molar-refractivity contribution in [1.29, 1.82) is 0 Å². The third-order valence-electron chi connectivity index (χ3n) is 1.69. The second-order valence-corrected chi connectivity index (χ2v) is 4.26. The first kappa shape index (κ1) is 7.49. The molecule has 0 amide bonds. The fourth-order valence-electron chi connectivity index (χ4n) is 1.20. The number of anilines is 1. The predicted octanol–water partition coefficient (Wildman–Crippen LogP) is 2.59. The topological polar surface area (TPSA) is 12.0 Å². The summed E-state index contributed by atoms with van der Waals surface area (Å²) in [6.07, 6.45) is 0.904. The van der Waals surface area contributed by atoms with Gasteiger partial charge in [-0.05, 0) is 46.4 Å². The van der Waals surface area contributed by atoms with Gasteiger partial charge in [0.25, 0.3) is 0 Å². The smallest absolute Gasteiger partial charge is 0.0842 e. The van der Waals surface area contributed by atoms with Crippen molar-refractivity contribution in [2.75, 3.05) is 5.32 Å². The van der Waals surface area contributed by atoms with Crippen LogP contribution in [0.15, 0.2) is 18.2 Å². The molecule has 56 valence electrons. The van der Waals surface area contributed by atoms with E-state index in [0.717, 1.165) is 11.4 Å². The van der Waals surface area contributed by atoms with E-state index in [0.29, 0.717) is 0 Å². The van der Waals surface area contributed by atoms with Crippen LogP contribution in [0.4, 0.5) is 5.69 Å². The Morgan fingerprint density at radius 3 is 3.09 bits per heavy atom. The van der Waals surface area contributed by atoms with Gasteiger partial charge >= 0.3 is 0 Å². The molecule has 2 rings (SSSR count). The Hall–Kier alpha value is -0.160. The molecule has 0 aliphatic carbocycles. The average Bonchev–Trinajstić information content (AvgIpc) is 2.27. The molecule has 1 aromatic carbocycles. The highest BCUT2D eigenvalue weighted by molar-refractivity contribution is 14.1. The maximum Gasteiger partial charge on any atom is 0.0842 e. The quantitative estimate of drug-likeness (QED) is 0.577. The highest BCUT2D eigenvalue weighted by Crippen LogP contribution is 2.24. The first-order chi connectivity index (χ1) is 5.25. The minimum atomic E-state index is 0.904. The molecule has 1 aromatic rings. The summed E-state index contributed by atoms with van der Waals surface area (Å²) in [5, 5.41) is 3.15. The largest absolute Gasteiger partial charge is 0.350 e. The Bertz CT molecular complexity index is 322. The zero-order chi connectivity index (χ0) is 7.84. The summed E-state index contributed by atoms with van der Waals surface area (Å²) in [5.74, 6) is 0. The zero-order valence-corrected chi connectivity index (χ0v) is 8.70. The SMILES string of the molecule is S=C1Cc2cc(I)ccc2N1. The lowest BCUT2D eigenvalue weighted by Crippen LogP contribution is -2.00. The first-order valence-electron chi connectivity index (χ1n) is 3.34. The van der Waals surface area contributed by atoms with Crippen LogP contribution in [0.1, 0.15) is 5.56 Å². The maximum atomic E-state index is 5.05. The Kier molecular flexibility index (Phi) is 1.85. The van der Waals surface area contributed by atoms with Crippen LogP contribution in [-0.4, -0.2) is 4.99 Å². The Morgan fingerprint density at radius 2 is 2.27 bits per heavy atom. The Balaban J connectivity index is 2.51. The standard InChI is InChI=1S/C8H6INS/c9-6-1-2-7-5(3-6)4-8(11)10-7/h1-3H,4H2,(H,10,11). The van der Waals surface area contributed by atoms with Crippen molar-refractivity contribution in [2.45, 2.75) is 6.42 Å². The predicted molar refractivity (Wildman–Crippen MR) is 59.1 cm³/mol. The second kappa shape index (κ2) is 2.71. The van der Waals surface area contributed by atoms with Gasteiger partial charge in [0.05, 0.1) is 4.99 Å². The molecule has 0 spiro atoms. The number of benzene rings is 1. The van der Waals surface area contributed by atoms with E-state index in [4.69, 9.17) is 12.2 Å². The van der Waals surface area contributed by atoms with Crippen molar-refractivity contribution in [3.63, 3.8) is 0 Å². The number of hydrogen-bond donors (Lipinski definition) is 1. The van der Waals surface area contributed by atoms with Gasteiger partial charge < -0.3 is 5.32 Å². The molecule has 0 saturated heterocycles. The van der Waals surface area contributed by atoms with E-state index < -0.39 is 0 Å². The number of rotatable bonds is 0. The van der Waals surface area contributed by atoms with E-state index in [1.807, 2.05) is 0 Å². The van der Waals surface area contributed by atoms with Gasteiger partial charge in [0.2, 0.25) is 0 Å². The van der Waals surface area contributed by atoms with Crippen LogP contribution in [0.5, 0.6) is 0 Å². The van der Waals surface area contributed by atoms with Gasteiger partial charge in [0, 0.05) is 15.7 Å². The summed E-state index contributed by atoms with van der Waals surface area (Å²) < 4.78 is 1.27. The summed E-state index contributed by atoms with van der Waals surface area (Å²) in [5.41, 5.74) is 2.50. The van der Waals surface area contributed by atoms with Gasteiger partial charge in [0.1, 0.15) is 0 Å². The summed E-state index contributed by atoms with van der Waals surface area (Å²) in [6.45, 7) is 0. The van der Waals surface area contributed by atoms with Gasteiger partial charge in [-0.2, -0.15) is 0 Å². The van der Waals surface area contributed by atoms with Crippen molar-refractivity contribution in [3.05, 3.63) is 27.3 Å². The molecule has 1 aliphatic rings. The molecule has 0 saturated carbocycles. The summed E-state index contributed by atoms with van der Waals surface area (Å²) in [7, 11) is 0. The summed E-state index contributed by atoms with van der Waals surface area (Å²) in [6, 6.07) is 6.33. The third kappa shape index (κ3) is 1.39. The van der Waals surface area contributed by atoms with Crippen LogP contribution >= 0.6 is 34.8 Å². The van der Waals surface area contributed by atoms with Crippen molar-refractivity contribution in [2.24, 2.45) is 0 Å². The molecular formula is C8H6INS. The minimum Gasteiger partial charge on any atom is -0.350 e. The zero-order valence-electron chi connectivity index (χ0n) is 5.73. The van der Waals surface area contributed by atoms with Gasteiger partial charge in [0.15, 0.2) is 0 Å². The molecule has 3 heteroatoms. The lowest BCUT2D eigenvalue weighted by atomic mass is 10.2. The lowest BCUT2D eigenvalue weighted by Gasteiger charge is -1.97. The van der Waals surface area contributed by atoms with Crippen molar-refractivity contribution in [3.8, 4) is 0 Å². The van der Waals surface area contributed by atoms with Crippen LogP contribution in [0, 0.1) is 3.57 Å². The van der Waals surface area contributed by atoms with E-state index >= 15 is 0 Å². The molecule has 11 heavy (non-hydrogen) atoms. The number of nitrogens with one attached hydrogen (secondary N) is 1. The van der Waals surface area contributed by atoms with E-state index in [-0.39, 0.29) is 0 Å². The van der Waals surface area contributed by atoms with Crippen molar-refractivity contribution >= 4 is 45.5 Å². The summed E-state index contributed by atoms with van der Waals surface area (Å²) >= 11 is 7.36. The van der Waals surface area contributed by atoms with Crippen LogP contribution in [0.25, 0.3) is 0 Å². The Morgan fingerprint density at radius 1 is 1.45 bits per heavy atom. The Labute approximate surface area is 84.3 Å². The maximum absolute atomic E-state index is 5.05. The van der Waals surface area contributed by atoms with E-state index in [9.17, 15) is 0 Å². The van der Waals surface area contributed by atoms with Crippen molar-refractivity contribution in [1.82, 2.24) is 0 Å². The molecular weight excluding hydrogens is 269 g/mol. The van der Waals surface area contributed by atoms with Crippen LogP contribution < -0.4 is 5.32 Å². The molecule has 0 aromatic heterocycles. The number of halogens is 1. The van der Waals surface area contributed by atoms with Crippen LogP contribution in [-0.2, 0) is 6.42 Å². The average molecular weight is 275 g/mol. The molecule has 0 unspecified atom stereocenters. The van der Waals surface area contributed by atoms with Crippen LogP contribution in [0.2, 0.25) is 0 Å². The van der Waals surface area contributed by atoms with Gasteiger partial charge in [-0.15, -0.1) is 0 Å². The van der Waals surface area contributed by atoms with Crippen LogP contribution in [0.3, 0.4) is 0 Å². The van der Waals surface area contributed by atoms with E-state index in [1.165, 1.54) is 14.8 Å². The first-order valence-corrected chi connectivity index (χ1v) is 4.83. The fraction of sp³-hybridized carbons (Fsp3) is 0.125. The van der Waals surface area contributed by atoms with E-state index in [1.54, 1.807) is 0 Å². The number of thiocarbonyl (C=S) groups is 1. The molecule has 1 heterocycles. The molecule has 1 N–H and O–H groups in total. The third-order valence-corrected chi connectivity index (χ3v) is 2.61. The molecule has 1 aliphatic heterocycles. The van der Waals surface area contributed by atoms with Gasteiger partial charge in [-0.1, -0.05) is 12.2 Å². The molecule has 0 atom stereocenters. The number of hydrogen-bond acceptors (Lipinski definition) is 1. The van der Waals surface area contributed by atoms with Crippen molar-refractivity contribution < 1.29 is 0 Å². The highest BCUT2D eigenvalue weighted by atomic mass is 127. The second-order valence-electron chi connectivity index (χ2n) is 2.53. The molecule has 0 radical (unpaired) electrons. The lowest BCUT2D eigenvalue weighted by molar-refractivity contribution is 1.41. The molecule has 0 bridgehead atoms. The monoisotopic (exact) mass is 275 g/mol. The molecule has 0 fully saturated rings. The highest BCUT2D eigenvalue weighted by Gasteiger charge is 2.13. The van der Waals surface area contributed by atoms with Gasteiger partial charge in [-0.3, -0.25) is 0 Å². The summed E-state index contributed by atoms with van der Waals surface area (Å²) in [4.78, 5) is 0.932. The molecule has 1 nitrogen and oxygen atoms in total. The minimum absolute atomic E-state index is 0.904.